The zero-order valence-corrected chi connectivity index (χ0v) is 10.8. The third-order valence-electron chi connectivity index (χ3n) is 2.42. The van der Waals surface area contributed by atoms with Gasteiger partial charge in [-0.2, -0.15) is 5.10 Å². The summed E-state index contributed by atoms with van der Waals surface area (Å²) in [6.07, 6.45) is 6.03. The lowest BCUT2D eigenvalue weighted by Crippen LogP contribution is -2.20. The smallest absolute Gasteiger partial charge is 0.0700 e. The van der Waals surface area contributed by atoms with Crippen LogP contribution in [0.2, 0.25) is 0 Å². The second kappa shape index (κ2) is 9.15. The normalized spacial score (nSPS) is 10.9. The van der Waals surface area contributed by atoms with Crippen LogP contribution in [0.25, 0.3) is 0 Å². The Morgan fingerprint density at radius 1 is 1.29 bits per heavy atom. The molecule has 0 spiro atoms. The largest absolute Gasteiger partial charge is 0.382 e. The zero-order chi connectivity index (χ0) is 12.3. The molecular formula is C12H23N3O2. The van der Waals surface area contributed by atoms with Crippen LogP contribution in [0.15, 0.2) is 12.4 Å². The summed E-state index contributed by atoms with van der Waals surface area (Å²) in [7, 11) is 3.62. The minimum Gasteiger partial charge on any atom is -0.382 e. The maximum atomic E-state index is 5.36. The molecule has 1 N–H and O–H groups in total. The van der Waals surface area contributed by atoms with Crippen LogP contribution in [0.1, 0.15) is 12.0 Å². The van der Waals surface area contributed by atoms with Gasteiger partial charge in [-0.05, 0) is 31.5 Å². The molecule has 0 unspecified atom stereocenters. The molecule has 0 amide bonds. The standard InChI is InChI=1S/C12H23N3O2/c1-15-11-12(10-14-15)4-6-13-5-3-7-17-9-8-16-2/h10-11,13H,3-9H2,1-2H3. The minimum atomic E-state index is 0.675. The SMILES string of the molecule is COCCOCCCNCCc1cnn(C)c1. The van der Waals surface area contributed by atoms with E-state index < -0.39 is 0 Å². The third-order valence-corrected chi connectivity index (χ3v) is 2.42. The Balaban J connectivity index is 1.84. The summed E-state index contributed by atoms with van der Waals surface area (Å²) in [6.45, 7) is 4.14. The molecule has 1 aromatic rings. The fourth-order valence-corrected chi connectivity index (χ4v) is 1.50. The highest BCUT2D eigenvalue weighted by atomic mass is 16.5. The molecule has 0 saturated carbocycles. The van der Waals surface area contributed by atoms with Gasteiger partial charge in [-0.15, -0.1) is 0 Å². The Bertz CT molecular complexity index is 289. The molecule has 1 heterocycles. The maximum absolute atomic E-state index is 5.36. The summed E-state index contributed by atoms with van der Waals surface area (Å²) < 4.78 is 12.1. The summed E-state index contributed by atoms with van der Waals surface area (Å²) in [4.78, 5) is 0. The topological polar surface area (TPSA) is 48.3 Å². The fraction of sp³-hybridized carbons (Fsp3) is 0.750. The highest BCUT2D eigenvalue weighted by molar-refractivity contribution is 5.03. The number of ether oxygens (including phenoxy) is 2. The van der Waals surface area contributed by atoms with Gasteiger partial charge in [-0.25, -0.2) is 0 Å². The third kappa shape index (κ3) is 7.10. The molecule has 1 aromatic heterocycles. The molecule has 0 saturated heterocycles. The van der Waals surface area contributed by atoms with Crippen LogP contribution in [-0.4, -0.2) is 49.8 Å². The van der Waals surface area contributed by atoms with Crippen molar-refractivity contribution >= 4 is 0 Å². The van der Waals surface area contributed by atoms with Crippen molar-refractivity contribution in [3.63, 3.8) is 0 Å². The highest BCUT2D eigenvalue weighted by Gasteiger charge is 1.95. The Morgan fingerprint density at radius 2 is 2.18 bits per heavy atom. The lowest BCUT2D eigenvalue weighted by atomic mass is 10.2. The van der Waals surface area contributed by atoms with Gasteiger partial charge >= 0.3 is 0 Å². The first-order valence-electron chi connectivity index (χ1n) is 6.08. The number of aromatic nitrogens is 2. The molecule has 0 bridgehead atoms. The molecule has 0 aromatic carbocycles. The maximum Gasteiger partial charge on any atom is 0.0700 e. The molecule has 5 nitrogen and oxygen atoms in total. The average molecular weight is 241 g/mol. The number of hydrogen-bond acceptors (Lipinski definition) is 4. The lowest BCUT2D eigenvalue weighted by molar-refractivity contribution is 0.0695. The number of aryl methyl sites for hydroxylation is 1. The van der Waals surface area contributed by atoms with E-state index in [1.165, 1.54) is 5.56 Å². The van der Waals surface area contributed by atoms with Gasteiger partial charge in [-0.3, -0.25) is 4.68 Å². The van der Waals surface area contributed by atoms with Crippen LogP contribution < -0.4 is 5.32 Å². The molecule has 1 rings (SSSR count). The molecule has 0 atom stereocenters. The van der Waals surface area contributed by atoms with E-state index in [4.69, 9.17) is 9.47 Å². The Kier molecular flexibility index (Phi) is 7.62. The summed E-state index contributed by atoms with van der Waals surface area (Å²) in [5.41, 5.74) is 1.27. The van der Waals surface area contributed by atoms with Gasteiger partial charge in [0.25, 0.3) is 0 Å². The summed E-state index contributed by atoms with van der Waals surface area (Å²) >= 11 is 0. The van der Waals surface area contributed by atoms with E-state index >= 15 is 0 Å². The van der Waals surface area contributed by atoms with Crippen LogP contribution in [0.3, 0.4) is 0 Å². The summed E-state index contributed by atoms with van der Waals surface area (Å²) in [5, 5.41) is 7.52. The lowest BCUT2D eigenvalue weighted by Gasteiger charge is -2.05. The van der Waals surface area contributed by atoms with Gasteiger partial charge in [0.2, 0.25) is 0 Å². The van der Waals surface area contributed by atoms with Gasteiger partial charge in [0.15, 0.2) is 0 Å². The second-order valence-electron chi connectivity index (χ2n) is 3.98. The molecule has 0 aliphatic rings. The summed E-state index contributed by atoms with van der Waals surface area (Å²) in [6, 6.07) is 0. The van der Waals surface area contributed by atoms with Crippen molar-refractivity contribution in [1.82, 2.24) is 15.1 Å². The van der Waals surface area contributed by atoms with Gasteiger partial charge < -0.3 is 14.8 Å². The van der Waals surface area contributed by atoms with E-state index in [-0.39, 0.29) is 0 Å². The van der Waals surface area contributed by atoms with Gasteiger partial charge in [0.05, 0.1) is 19.4 Å². The van der Waals surface area contributed by atoms with Crippen molar-refractivity contribution in [3.05, 3.63) is 18.0 Å². The highest BCUT2D eigenvalue weighted by Crippen LogP contribution is 1.95. The van der Waals surface area contributed by atoms with Crippen LogP contribution in [0, 0.1) is 0 Å². The van der Waals surface area contributed by atoms with Crippen molar-refractivity contribution in [1.29, 1.82) is 0 Å². The quantitative estimate of drug-likeness (QED) is 0.610. The van der Waals surface area contributed by atoms with Crippen molar-refractivity contribution in [2.75, 3.05) is 40.0 Å². The molecule has 0 fully saturated rings. The number of methoxy groups -OCH3 is 1. The number of nitrogens with zero attached hydrogens (tertiary/aromatic N) is 2. The Hall–Kier alpha value is -0.910. The first-order valence-corrected chi connectivity index (χ1v) is 6.08. The van der Waals surface area contributed by atoms with E-state index in [9.17, 15) is 0 Å². The van der Waals surface area contributed by atoms with Crippen LogP contribution in [-0.2, 0) is 22.9 Å². The van der Waals surface area contributed by atoms with Gasteiger partial charge in [-0.1, -0.05) is 0 Å². The van der Waals surface area contributed by atoms with Crippen molar-refractivity contribution < 1.29 is 9.47 Å². The zero-order valence-electron chi connectivity index (χ0n) is 10.8. The van der Waals surface area contributed by atoms with E-state index in [0.717, 1.165) is 32.5 Å². The predicted molar refractivity (Wildman–Crippen MR) is 67.1 cm³/mol. The van der Waals surface area contributed by atoms with E-state index in [2.05, 4.69) is 16.6 Å². The summed E-state index contributed by atoms with van der Waals surface area (Å²) in [5.74, 6) is 0. The van der Waals surface area contributed by atoms with E-state index in [1.807, 2.05) is 17.9 Å². The van der Waals surface area contributed by atoms with Gasteiger partial charge in [0, 0.05) is 27.0 Å². The number of hydrogen-bond donors (Lipinski definition) is 1. The van der Waals surface area contributed by atoms with Crippen LogP contribution in [0.5, 0.6) is 0 Å². The first-order chi connectivity index (χ1) is 8.33. The second-order valence-corrected chi connectivity index (χ2v) is 3.98. The average Bonchev–Trinajstić information content (AvgIpc) is 2.73. The Morgan fingerprint density at radius 3 is 2.88 bits per heavy atom. The molecule has 17 heavy (non-hydrogen) atoms. The minimum absolute atomic E-state index is 0.675. The van der Waals surface area contributed by atoms with Crippen molar-refractivity contribution in [2.45, 2.75) is 12.8 Å². The molecule has 98 valence electrons. The number of nitrogens with one attached hydrogen (secondary N) is 1. The van der Waals surface area contributed by atoms with Crippen LogP contribution in [0.4, 0.5) is 0 Å². The predicted octanol–water partition coefficient (Wildman–Crippen LogP) is 0.605. The molecule has 0 aliphatic heterocycles. The fourth-order valence-electron chi connectivity index (χ4n) is 1.50. The monoisotopic (exact) mass is 241 g/mol. The molecule has 0 radical (unpaired) electrons. The van der Waals surface area contributed by atoms with Crippen LogP contribution >= 0.6 is 0 Å². The molecule has 0 aliphatic carbocycles. The Labute approximate surface area is 103 Å². The first kappa shape index (κ1) is 14.2. The van der Waals surface area contributed by atoms with Crippen molar-refractivity contribution in [2.24, 2.45) is 7.05 Å². The van der Waals surface area contributed by atoms with Crippen molar-refractivity contribution in [3.8, 4) is 0 Å². The number of rotatable bonds is 10. The van der Waals surface area contributed by atoms with Gasteiger partial charge in [0.1, 0.15) is 0 Å². The van der Waals surface area contributed by atoms with E-state index in [0.29, 0.717) is 13.2 Å². The molecule has 5 heteroatoms. The van der Waals surface area contributed by atoms with E-state index in [1.54, 1.807) is 7.11 Å². The molecular weight excluding hydrogens is 218 g/mol.